The average Bonchev–Trinajstić information content (AvgIpc) is 1.88. The van der Waals surface area contributed by atoms with Gasteiger partial charge in [0.2, 0.25) is 0 Å². The topological polar surface area (TPSA) is 37.3 Å². The van der Waals surface area contributed by atoms with Gasteiger partial charge in [0.05, 0.1) is 0 Å². The Morgan fingerprint density at radius 1 is 1.40 bits per heavy atom. The van der Waals surface area contributed by atoms with Crippen molar-refractivity contribution in [3.05, 3.63) is 28.7 Å². The summed E-state index contributed by atoms with van der Waals surface area (Å²) in [5.41, 5.74) is 0. The van der Waals surface area contributed by atoms with Crippen LogP contribution < -0.4 is 4.35 Å². The van der Waals surface area contributed by atoms with E-state index in [1.165, 1.54) is 0 Å². The van der Waals surface area contributed by atoms with Crippen LogP contribution in [0.25, 0.3) is 0 Å². The zero-order chi connectivity index (χ0) is 7.56. The Hall–Kier alpha value is 0.0184. The second-order valence-corrected chi connectivity index (χ2v) is 5.05. The molecule has 0 heterocycles. The van der Waals surface area contributed by atoms with E-state index in [1.54, 1.807) is 18.2 Å². The fraction of sp³-hybridized carbons (Fsp3) is 0. The molecule has 1 N–H and O–H groups in total. The molecule has 4 heteroatoms. The van der Waals surface area contributed by atoms with Crippen molar-refractivity contribution in [1.82, 2.24) is 0 Å². The van der Waals surface area contributed by atoms with Gasteiger partial charge in [0.25, 0.3) is 0 Å². The van der Waals surface area contributed by atoms with E-state index < -0.39 is 14.9 Å². The van der Waals surface area contributed by atoms with Crippen molar-refractivity contribution in [2.75, 3.05) is 0 Å². The molecule has 0 radical (unpaired) electrons. The molecule has 1 aromatic rings. The Bertz CT molecular complexity index is 262. The van der Waals surface area contributed by atoms with Gasteiger partial charge >= 0.3 is 71.8 Å². The van der Waals surface area contributed by atoms with Crippen LogP contribution in [0.1, 0.15) is 0 Å². The molecule has 0 saturated heterocycles. The van der Waals surface area contributed by atoms with E-state index in [9.17, 15) is 3.74 Å². The predicted molar refractivity (Wildman–Crippen MR) is 43.8 cm³/mol. The molecular weight excluding hydrogens is 259 g/mol. The summed E-state index contributed by atoms with van der Waals surface area (Å²) in [7, 11) is 0. The van der Waals surface area contributed by atoms with Crippen molar-refractivity contribution in [1.29, 1.82) is 0 Å². The molecule has 1 atom stereocenters. The summed E-state index contributed by atoms with van der Waals surface area (Å²) in [5, 5.41) is 0. The Balaban J connectivity index is 3.15. The van der Waals surface area contributed by atoms with Crippen molar-refractivity contribution < 1.29 is 7.84 Å². The molecule has 0 aliphatic carbocycles. The molecule has 0 aliphatic rings. The third-order valence-electron chi connectivity index (χ3n) is 1.10. The zero-order valence-corrected chi connectivity index (χ0v) is 8.73. The first kappa shape index (κ1) is 8.12. The van der Waals surface area contributed by atoms with Crippen molar-refractivity contribution in [2.45, 2.75) is 0 Å². The summed E-state index contributed by atoms with van der Waals surface area (Å²) in [4.78, 5) is 0. The normalized spacial score (nSPS) is 13.0. The van der Waals surface area contributed by atoms with Crippen LogP contribution in [0.5, 0.6) is 0 Å². The third kappa shape index (κ3) is 1.75. The molecule has 1 rings (SSSR count). The van der Waals surface area contributed by atoms with Gasteiger partial charge in [-0.25, -0.2) is 0 Å². The molecule has 0 amide bonds. The maximum atomic E-state index is 10.6. The minimum atomic E-state index is -3.11. The molecule has 10 heavy (non-hydrogen) atoms. The fourth-order valence-electron chi connectivity index (χ4n) is 0.635. The molecule has 54 valence electrons. The van der Waals surface area contributed by atoms with E-state index in [2.05, 4.69) is 15.9 Å². The minimum absolute atomic E-state index is 0.544. The van der Waals surface area contributed by atoms with Gasteiger partial charge in [-0.2, -0.15) is 0 Å². The van der Waals surface area contributed by atoms with E-state index in [0.717, 1.165) is 4.47 Å². The van der Waals surface area contributed by atoms with Gasteiger partial charge in [-0.1, -0.05) is 0 Å². The summed E-state index contributed by atoms with van der Waals surface area (Å²) < 4.78 is 20.7. The molecule has 0 saturated carbocycles. The molecule has 0 spiro atoms. The van der Waals surface area contributed by atoms with Crippen molar-refractivity contribution >= 4 is 35.2 Å². The quantitative estimate of drug-likeness (QED) is 0.741. The first-order valence-corrected chi connectivity index (χ1v) is 6.33. The first-order chi connectivity index (χ1) is 4.72. The summed E-state index contributed by atoms with van der Waals surface area (Å²) >= 11 is 0.0690. The fourth-order valence-corrected chi connectivity index (χ4v) is 2.91. The van der Waals surface area contributed by atoms with Crippen LogP contribution in [-0.4, -0.2) is 19.0 Å². The van der Waals surface area contributed by atoms with Crippen molar-refractivity contribution in [3.63, 3.8) is 0 Å². The first-order valence-electron chi connectivity index (χ1n) is 2.69. The Kier molecular flexibility index (Phi) is 2.78. The predicted octanol–water partition coefficient (Wildman–Crippen LogP) is 0.299. The second kappa shape index (κ2) is 3.42. The zero-order valence-electron chi connectivity index (χ0n) is 5.04. The molecule has 1 aromatic carbocycles. The number of hydrogen-bond donors (Lipinski definition) is 1. The Morgan fingerprint density at radius 2 is 2.00 bits per heavy atom. The van der Waals surface area contributed by atoms with Crippen LogP contribution in [-0.2, 0) is 3.74 Å². The van der Waals surface area contributed by atoms with Gasteiger partial charge in [0.15, 0.2) is 0 Å². The van der Waals surface area contributed by atoms with E-state index in [4.69, 9.17) is 4.10 Å². The van der Waals surface area contributed by atoms with Gasteiger partial charge in [-0.15, -0.1) is 0 Å². The van der Waals surface area contributed by atoms with Crippen LogP contribution in [0.2, 0.25) is 0 Å². The van der Waals surface area contributed by atoms with Crippen LogP contribution in [0, 0.1) is 0 Å². The maximum absolute atomic E-state index is 10.6. The Morgan fingerprint density at radius 3 is 2.40 bits per heavy atom. The molecule has 2 nitrogen and oxygen atoms in total. The monoisotopic (exact) mass is 264 g/mol. The van der Waals surface area contributed by atoms with Gasteiger partial charge < -0.3 is 0 Å². The van der Waals surface area contributed by atoms with Gasteiger partial charge in [-0.3, -0.25) is 0 Å². The standard InChI is InChI=1S/C6H6AsBrO2/c8-6-4-2-1-3-5(6)7(9)10/h1-4,7H,(H,9,10). The van der Waals surface area contributed by atoms with Crippen LogP contribution in [0.3, 0.4) is 0 Å². The van der Waals surface area contributed by atoms with E-state index in [0.29, 0.717) is 4.35 Å². The molecule has 0 bridgehead atoms. The number of rotatable bonds is 1. The number of benzene rings is 1. The van der Waals surface area contributed by atoms with E-state index >= 15 is 0 Å². The van der Waals surface area contributed by atoms with Crippen molar-refractivity contribution in [2.24, 2.45) is 0 Å². The molecule has 0 aliphatic heterocycles. The summed E-state index contributed by atoms with van der Waals surface area (Å²) in [6.45, 7) is 0. The van der Waals surface area contributed by atoms with Gasteiger partial charge in [0.1, 0.15) is 0 Å². The molecule has 1 unspecified atom stereocenters. The van der Waals surface area contributed by atoms with E-state index in [1.807, 2.05) is 6.07 Å². The SMILES string of the molecule is O=[AsH](O)c1ccccc1Br. The molecular formula is C6H6AsBrO2. The number of hydrogen-bond acceptors (Lipinski definition) is 1. The van der Waals surface area contributed by atoms with Crippen LogP contribution >= 0.6 is 15.9 Å². The summed E-state index contributed by atoms with van der Waals surface area (Å²) in [5.74, 6) is 0. The number of halogens is 1. The summed E-state index contributed by atoms with van der Waals surface area (Å²) in [6, 6.07) is 6.99. The molecule has 0 aromatic heterocycles. The van der Waals surface area contributed by atoms with Crippen molar-refractivity contribution in [3.8, 4) is 0 Å². The van der Waals surface area contributed by atoms with Crippen LogP contribution in [0.15, 0.2) is 28.7 Å². The van der Waals surface area contributed by atoms with Gasteiger partial charge in [-0.05, 0) is 0 Å². The third-order valence-corrected chi connectivity index (χ3v) is 4.45. The average molecular weight is 265 g/mol. The molecule has 0 fully saturated rings. The van der Waals surface area contributed by atoms with E-state index in [-0.39, 0.29) is 0 Å². The second-order valence-electron chi connectivity index (χ2n) is 1.78. The summed E-state index contributed by atoms with van der Waals surface area (Å²) in [6.07, 6.45) is 0. The Labute approximate surface area is 71.8 Å². The van der Waals surface area contributed by atoms with Gasteiger partial charge in [0, 0.05) is 0 Å². The van der Waals surface area contributed by atoms with Crippen LogP contribution in [0.4, 0.5) is 0 Å².